The maximum absolute atomic E-state index is 12.0. The fourth-order valence-electron chi connectivity index (χ4n) is 1.59. The second-order valence-electron chi connectivity index (χ2n) is 3.85. The molecule has 0 aliphatic rings. The molecule has 2 N–H and O–H groups in total. The van der Waals surface area contributed by atoms with Crippen molar-refractivity contribution in [2.45, 2.75) is 4.21 Å². The van der Waals surface area contributed by atoms with Gasteiger partial charge in [-0.3, -0.25) is 4.72 Å². The van der Waals surface area contributed by atoms with E-state index >= 15 is 0 Å². The zero-order valence-corrected chi connectivity index (χ0v) is 11.6. The predicted octanol–water partition coefficient (Wildman–Crippen LogP) is 1.73. The molecule has 0 bridgehead atoms. The maximum Gasteiger partial charge on any atom is 0.271 e. The Balaban J connectivity index is 1.83. The Labute approximate surface area is 118 Å². The van der Waals surface area contributed by atoms with E-state index in [4.69, 9.17) is 0 Å². The third kappa shape index (κ3) is 2.53. The number of sulfonamides is 1. The number of nitrogens with one attached hydrogen (secondary N) is 2. The van der Waals surface area contributed by atoms with Crippen molar-refractivity contribution in [1.29, 1.82) is 0 Å². The van der Waals surface area contributed by atoms with E-state index in [0.29, 0.717) is 11.5 Å². The van der Waals surface area contributed by atoms with Crippen LogP contribution in [0.1, 0.15) is 0 Å². The van der Waals surface area contributed by atoms with Gasteiger partial charge in [-0.15, -0.1) is 21.5 Å². The van der Waals surface area contributed by atoms with Crippen LogP contribution in [0.3, 0.4) is 0 Å². The summed E-state index contributed by atoms with van der Waals surface area (Å²) >= 11 is 1.17. The second-order valence-corrected chi connectivity index (χ2v) is 6.71. The molecule has 0 unspecified atom stereocenters. The van der Waals surface area contributed by atoms with Gasteiger partial charge in [0.2, 0.25) is 5.82 Å². The van der Waals surface area contributed by atoms with E-state index in [0.717, 1.165) is 5.56 Å². The first-order valence-electron chi connectivity index (χ1n) is 5.55. The van der Waals surface area contributed by atoms with Crippen LogP contribution in [0.15, 0.2) is 46.0 Å². The molecule has 0 aliphatic carbocycles. The normalized spacial score (nSPS) is 11.4. The summed E-state index contributed by atoms with van der Waals surface area (Å²) in [6.07, 6.45) is 0. The van der Waals surface area contributed by atoms with Crippen LogP contribution >= 0.6 is 11.3 Å². The molecule has 2 aromatic heterocycles. The number of hydrogen-bond donors (Lipinski definition) is 2. The van der Waals surface area contributed by atoms with Gasteiger partial charge < -0.3 is 0 Å². The lowest BCUT2D eigenvalue weighted by Gasteiger charge is -2.06. The van der Waals surface area contributed by atoms with Crippen LogP contribution in [0, 0.1) is 0 Å². The summed E-state index contributed by atoms with van der Waals surface area (Å²) in [5.41, 5.74) is 1.23. The average Bonchev–Trinajstić information content (AvgIpc) is 3.13. The van der Waals surface area contributed by atoms with E-state index in [1.165, 1.54) is 11.3 Å². The molecule has 1 aromatic carbocycles. The van der Waals surface area contributed by atoms with Gasteiger partial charge in [0, 0.05) is 11.3 Å². The largest absolute Gasteiger partial charge is 0.279 e. The zero-order valence-electron chi connectivity index (χ0n) is 10.0. The van der Waals surface area contributed by atoms with Gasteiger partial charge in [0.05, 0.1) is 0 Å². The van der Waals surface area contributed by atoms with Crippen LogP contribution in [-0.2, 0) is 10.0 Å². The lowest BCUT2D eigenvalue weighted by Crippen LogP contribution is -2.11. The van der Waals surface area contributed by atoms with Crippen LogP contribution in [0.5, 0.6) is 0 Å². The monoisotopic (exact) mass is 307 g/mol. The quantitative estimate of drug-likeness (QED) is 0.764. The number of tetrazole rings is 1. The molecule has 2 heterocycles. The zero-order chi connectivity index (χ0) is 14.0. The number of anilines is 1. The Morgan fingerprint density at radius 1 is 1.15 bits per heavy atom. The van der Waals surface area contributed by atoms with Gasteiger partial charge in [0.25, 0.3) is 10.0 Å². The average molecular weight is 307 g/mol. The number of aromatic nitrogens is 4. The Bertz CT molecular complexity index is 780. The van der Waals surface area contributed by atoms with E-state index in [1.54, 1.807) is 41.8 Å². The van der Waals surface area contributed by atoms with Gasteiger partial charge in [0.1, 0.15) is 4.21 Å². The molecule has 0 atom stereocenters. The summed E-state index contributed by atoms with van der Waals surface area (Å²) in [6.45, 7) is 0. The fourth-order valence-corrected chi connectivity index (χ4v) is 3.64. The number of nitrogens with zero attached hydrogens (tertiary/aromatic N) is 3. The molecule has 0 fully saturated rings. The van der Waals surface area contributed by atoms with Gasteiger partial charge in [-0.1, -0.05) is 6.07 Å². The summed E-state index contributed by atoms with van der Waals surface area (Å²) in [4.78, 5) is 0. The highest BCUT2D eigenvalue weighted by Crippen LogP contribution is 2.22. The van der Waals surface area contributed by atoms with Gasteiger partial charge in [-0.05, 0) is 40.9 Å². The third-order valence-corrected chi connectivity index (χ3v) is 5.28. The molecular formula is C11H9N5O2S2. The first-order valence-corrected chi connectivity index (χ1v) is 7.92. The Hall–Kier alpha value is -2.26. The van der Waals surface area contributed by atoms with Gasteiger partial charge in [0.15, 0.2) is 0 Å². The highest BCUT2D eigenvalue weighted by Gasteiger charge is 2.15. The second kappa shape index (κ2) is 5.02. The number of rotatable bonds is 4. The SMILES string of the molecule is O=S(=O)(Nc1ccc(-c2nn[nH]n2)cc1)c1cccs1. The van der Waals surface area contributed by atoms with E-state index < -0.39 is 10.0 Å². The lowest BCUT2D eigenvalue weighted by atomic mass is 10.2. The predicted molar refractivity (Wildman–Crippen MR) is 74.7 cm³/mol. The first-order chi connectivity index (χ1) is 9.65. The topological polar surface area (TPSA) is 101 Å². The molecule has 0 saturated carbocycles. The molecule has 0 saturated heterocycles. The summed E-state index contributed by atoms with van der Waals surface area (Å²) in [5.74, 6) is 0.456. The van der Waals surface area contributed by atoms with Crippen molar-refractivity contribution in [3.63, 3.8) is 0 Å². The minimum Gasteiger partial charge on any atom is -0.279 e. The summed E-state index contributed by atoms with van der Waals surface area (Å²) in [5, 5.41) is 15.2. The van der Waals surface area contributed by atoms with Crippen molar-refractivity contribution < 1.29 is 8.42 Å². The van der Waals surface area contributed by atoms with Crippen LogP contribution < -0.4 is 4.72 Å². The van der Waals surface area contributed by atoms with E-state index in [9.17, 15) is 8.42 Å². The van der Waals surface area contributed by atoms with Gasteiger partial charge in [-0.2, -0.15) is 5.21 Å². The van der Waals surface area contributed by atoms with Gasteiger partial charge >= 0.3 is 0 Å². The van der Waals surface area contributed by atoms with E-state index in [1.807, 2.05) is 0 Å². The molecule has 0 aliphatic heterocycles. The number of H-pyrrole nitrogens is 1. The van der Waals surface area contributed by atoms with Crippen molar-refractivity contribution in [3.05, 3.63) is 41.8 Å². The molecule has 7 nitrogen and oxygen atoms in total. The molecule has 0 radical (unpaired) electrons. The maximum atomic E-state index is 12.0. The first kappa shape index (κ1) is 12.8. The van der Waals surface area contributed by atoms with Crippen molar-refractivity contribution in [3.8, 4) is 11.4 Å². The fraction of sp³-hybridized carbons (Fsp3) is 0. The molecule has 102 valence electrons. The standard InChI is InChI=1S/C11H9N5O2S2/c17-20(18,10-2-1-7-19-10)14-9-5-3-8(4-6-9)11-12-15-16-13-11/h1-7,14H,(H,12,13,15,16). The van der Waals surface area contributed by atoms with Crippen molar-refractivity contribution >= 4 is 27.0 Å². The van der Waals surface area contributed by atoms with Crippen molar-refractivity contribution in [2.75, 3.05) is 4.72 Å². The summed E-state index contributed by atoms with van der Waals surface area (Å²) in [7, 11) is -3.52. The number of benzene rings is 1. The van der Waals surface area contributed by atoms with Crippen LogP contribution in [-0.4, -0.2) is 29.0 Å². The van der Waals surface area contributed by atoms with Gasteiger partial charge in [-0.25, -0.2) is 8.42 Å². The number of aromatic amines is 1. The van der Waals surface area contributed by atoms with Crippen LogP contribution in [0.25, 0.3) is 11.4 Å². The van der Waals surface area contributed by atoms with E-state index in [2.05, 4.69) is 25.3 Å². The summed E-state index contributed by atoms with van der Waals surface area (Å²) in [6, 6.07) is 9.99. The molecule has 20 heavy (non-hydrogen) atoms. The number of hydrogen-bond acceptors (Lipinski definition) is 6. The van der Waals surface area contributed by atoms with Crippen LogP contribution in [0.2, 0.25) is 0 Å². The molecular weight excluding hydrogens is 298 g/mol. The van der Waals surface area contributed by atoms with Crippen molar-refractivity contribution in [2.24, 2.45) is 0 Å². The van der Waals surface area contributed by atoms with E-state index in [-0.39, 0.29) is 4.21 Å². The third-order valence-electron chi connectivity index (χ3n) is 2.50. The molecule has 0 amide bonds. The highest BCUT2D eigenvalue weighted by molar-refractivity contribution is 7.94. The minimum atomic E-state index is -3.52. The molecule has 9 heteroatoms. The highest BCUT2D eigenvalue weighted by atomic mass is 32.2. The van der Waals surface area contributed by atoms with Crippen LogP contribution in [0.4, 0.5) is 5.69 Å². The molecule has 3 aromatic rings. The Morgan fingerprint density at radius 2 is 1.95 bits per heavy atom. The van der Waals surface area contributed by atoms with Crippen molar-refractivity contribution in [1.82, 2.24) is 20.6 Å². The lowest BCUT2D eigenvalue weighted by molar-refractivity contribution is 0.603. The Morgan fingerprint density at radius 3 is 2.55 bits per heavy atom. The summed E-state index contributed by atoms with van der Waals surface area (Å²) < 4.78 is 26.9. The molecule has 3 rings (SSSR count). The smallest absolute Gasteiger partial charge is 0.271 e. The molecule has 0 spiro atoms. The number of thiophene rings is 1. The minimum absolute atomic E-state index is 0.278. The Kier molecular flexibility index (Phi) is 3.20.